The van der Waals surface area contributed by atoms with Crippen molar-refractivity contribution in [3.63, 3.8) is 0 Å². The monoisotopic (exact) mass is 203 g/mol. The van der Waals surface area contributed by atoms with Gasteiger partial charge in [0.15, 0.2) is 0 Å². The Bertz CT molecular complexity index is 437. The van der Waals surface area contributed by atoms with Crippen LogP contribution in [0, 0.1) is 0 Å². The van der Waals surface area contributed by atoms with Gasteiger partial charge in [0.05, 0.1) is 17.6 Å². The fourth-order valence-corrected chi connectivity index (χ4v) is 1.47. The lowest BCUT2D eigenvalue weighted by Crippen LogP contribution is -1.98. The van der Waals surface area contributed by atoms with E-state index in [-0.39, 0.29) is 0 Å². The molecule has 1 N–H and O–H groups in total. The van der Waals surface area contributed by atoms with Crippen molar-refractivity contribution in [2.75, 3.05) is 12.4 Å². The average Bonchev–Trinajstić information content (AvgIpc) is 2.81. The predicted octanol–water partition coefficient (Wildman–Crippen LogP) is 2.34. The molecule has 0 aliphatic carbocycles. The summed E-state index contributed by atoms with van der Waals surface area (Å²) in [7, 11) is 1.89. The van der Waals surface area contributed by atoms with E-state index in [4.69, 9.17) is 4.42 Å². The number of rotatable bonds is 3. The van der Waals surface area contributed by atoms with E-state index in [9.17, 15) is 0 Å². The fourth-order valence-electron chi connectivity index (χ4n) is 1.47. The summed E-state index contributed by atoms with van der Waals surface area (Å²) in [5.41, 5.74) is 2.84. The van der Waals surface area contributed by atoms with Gasteiger partial charge in [-0.05, 0) is 18.6 Å². The number of hydrogen-bond donors (Lipinski definition) is 1. The second-order valence-electron chi connectivity index (χ2n) is 3.13. The van der Waals surface area contributed by atoms with Gasteiger partial charge < -0.3 is 9.73 Å². The Labute approximate surface area is 88.4 Å². The van der Waals surface area contributed by atoms with Crippen LogP contribution in [0.2, 0.25) is 0 Å². The smallest absolute Gasteiger partial charge is 0.244 e. The minimum atomic E-state index is 0.562. The molecule has 0 radical (unpaired) electrons. The van der Waals surface area contributed by atoms with E-state index in [0.29, 0.717) is 5.89 Å². The van der Waals surface area contributed by atoms with Gasteiger partial charge in [0, 0.05) is 7.05 Å². The molecule has 2 heterocycles. The Kier molecular flexibility index (Phi) is 2.67. The van der Waals surface area contributed by atoms with Gasteiger partial charge in [0.2, 0.25) is 5.89 Å². The van der Waals surface area contributed by atoms with Crippen LogP contribution in [0.3, 0.4) is 0 Å². The first-order valence-corrected chi connectivity index (χ1v) is 4.92. The second kappa shape index (κ2) is 4.13. The Morgan fingerprint density at radius 1 is 1.40 bits per heavy atom. The van der Waals surface area contributed by atoms with E-state index in [2.05, 4.69) is 22.2 Å². The molecule has 0 amide bonds. The highest BCUT2D eigenvalue weighted by atomic mass is 16.3. The molecule has 2 rings (SSSR count). The van der Waals surface area contributed by atoms with Crippen LogP contribution in [-0.4, -0.2) is 17.0 Å². The highest BCUT2D eigenvalue weighted by Crippen LogP contribution is 2.20. The molecule has 0 spiro atoms. The highest BCUT2D eigenvalue weighted by Gasteiger charge is 2.07. The van der Waals surface area contributed by atoms with Crippen LogP contribution in [0.5, 0.6) is 0 Å². The quantitative estimate of drug-likeness (QED) is 0.831. The first kappa shape index (κ1) is 9.71. The van der Waals surface area contributed by atoms with Crippen LogP contribution in [0.4, 0.5) is 5.69 Å². The minimum absolute atomic E-state index is 0.562. The lowest BCUT2D eigenvalue weighted by Gasteiger charge is -2.06. The SMILES string of the molecule is CCc1nc(-c2ncco2)ccc1NC. The maximum absolute atomic E-state index is 5.20. The highest BCUT2D eigenvalue weighted by molar-refractivity contribution is 5.56. The van der Waals surface area contributed by atoms with Gasteiger partial charge in [-0.2, -0.15) is 0 Å². The molecule has 78 valence electrons. The Balaban J connectivity index is 2.43. The van der Waals surface area contributed by atoms with Crippen molar-refractivity contribution in [2.45, 2.75) is 13.3 Å². The first-order valence-electron chi connectivity index (χ1n) is 4.92. The number of nitrogens with one attached hydrogen (secondary N) is 1. The maximum Gasteiger partial charge on any atom is 0.244 e. The number of nitrogens with zero attached hydrogens (tertiary/aromatic N) is 2. The molecule has 2 aromatic heterocycles. The van der Waals surface area contributed by atoms with E-state index in [1.807, 2.05) is 19.2 Å². The van der Waals surface area contributed by atoms with E-state index in [0.717, 1.165) is 23.5 Å². The molecular weight excluding hydrogens is 190 g/mol. The van der Waals surface area contributed by atoms with Crippen molar-refractivity contribution in [1.82, 2.24) is 9.97 Å². The fraction of sp³-hybridized carbons (Fsp3) is 0.273. The van der Waals surface area contributed by atoms with Crippen LogP contribution in [0.1, 0.15) is 12.6 Å². The van der Waals surface area contributed by atoms with E-state index >= 15 is 0 Å². The third-order valence-electron chi connectivity index (χ3n) is 2.23. The zero-order valence-electron chi connectivity index (χ0n) is 8.82. The molecule has 0 aliphatic heterocycles. The largest absolute Gasteiger partial charge is 0.443 e. The average molecular weight is 203 g/mol. The van der Waals surface area contributed by atoms with E-state index in [1.54, 1.807) is 12.5 Å². The molecule has 0 aliphatic rings. The Hall–Kier alpha value is -1.84. The molecule has 0 bridgehead atoms. The number of hydrogen-bond acceptors (Lipinski definition) is 4. The van der Waals surface area contributed by atoms with Crippen molar-refractivity contribution in [1.29, 1.82) is 0 Å². The molecular formula is C11H13N3O. The molecule has 0 unspecified atom stereocenters. The molecule has 15 heavy (non-hydrogen) atoms. The van der Waals surface area contributed by atoms with Crippen LogP contribution in [0.25, 0.3) is 11.6 Å². The molecule has 0 aromatic carbocycles. The number of pyridine rings is 1. The number of anilines is 1. The molecule has 0 saturated heterocycles. The Morgan fingerprint density at radius 2 is 2.27 bits per heavy atom. The van der Waals surface area contributed by atoms with Crippen LogP contribution in [-0.2, 0) is 6.42 Å². The Morgan fingerprint density at radius 3 is 2.87 bits per heavy atom. The summed E-state index contributed by atoms with van der Waals surface area (Å²) in [6, 6.07) is 3.89. The number of oxazole rings is 1. The molecule has 4 heteroatoms. The standard InChI is InChI=1S/C11H13N3O/c1-3-8-9(12-2)4-5-10(14-8)11-13-6-7-15-11/h4-7,12H,3H2,1-2H3. The zero-order valence-corrected chi connectivity index (χ0v) is 8.82. The van der Waals surface area contributed by atoms with Crippen LogP contribution < -0.4 is 5.32 Å². The molecule has 0 atom stereocenters. The number of aromatic nitrogens is 2. The molecule has 2 aromatic rings. The lowest BCUT2D eigenvalue weighted by atomic mass is 10.2. The summed E-state index contributed by atoms with van der Waals surface area (Å²) in [4.78, 5) is 8.55. The van der Waals surface area contributed by atoms with Gasteiger partial charge in [-0.15, -0.1) is 0 Å². The van der Waals surface area contributed by atoms with Gasteiger partial charge in [-0.25, -0.2) is 9.97 Å². The van der Waals surface area contributed by atoms with Crippen molar-refractivity contribution in [3.8, 4) is 11.6 Å². The van der Waals surface area contributed by atoms with E-state index in [1.165, 1.54) is 0 Å². The first-order chi connectivity index (χ1) is 7.35. The van der Waals surface area contributed by atoms with Gasteiger partial charge >= 0.3 is 0 Å². The summed E-state index contributed by atoms with van der Waals surface area (Å²) < 4.78 is 5.20. The summed E-state index contributed by atoms with van der Waals surface area (Å²) in [5, 5.41) is 3.11. The summed E-state index contributed by atoms with van der Waals surface area (Å²) >= 11 is 0. The second-order valence-corrected chi connectivity index (χ2v) is 3.13. The van der Waals surface area contributed by atoms with Gasteiger partial charge in [-0.1, -0.05) is 6.92 Å². The topological polar surface area (TPSA) is 51.0 Å². The van der Waals surface area contributed by atoms with Crippen molar-refractivity contribution >= 4 is 5.69 Å². The predicted molar refractivity (Wildman–Crippen MR) is 58.7 cm³/mol. The summed E-state index contributed by atoms with van der Waals surface area (Å²) in [5.74, 6) is 0.562. The minimum Gasteiger partial charge on any atom is -0.443 e. The number of aryl methyl sites for hydroxylation is 1. The van der Waals surface area contributed by atoms with Gasteiger partial charge in [0.25, 0.3) is 0 Å². The lowest BCUT2D eigenvalue weighted by molar-refractivity contribution is 0.571. The maximum atomic E-state index is 5.20. The molecule has 0 saturated carbocycles. The zero-order chi connectivity index (χ0) is 10.7. The van der Waals surface area contributed by atoms with Crippen molar-refractivity contribution < 1.29 is 4.42 Å². The summed E-state index contributed by atoms with van der Waals surface area (Å²) in [6.45, 7) is 2.07. The molecule has 4 nitrogen and oxygen atoms in total. The summed E-state index contributed by atoms with van der Waals surface area (Å²) in [6.07, 6.45) is 4.05. The third-order valence-corrected chi connectivity index (χ3v) is 2.23. The van der Waals surface area contributed by atoms with Gasteiger partial charge in [-0.3, -0.25) is 0 Å². The van der Waals surface area contributed by atoms with E-state index < -0.39 is 0 Å². The van der Waals surface area contributed by atoms with Crippen molar-refractivity contribution in [3.05, 3.63) is 30.3 Å². The van der Waals surface area contributed by atoms with Gasteiger partial charge in [0.1, 0.15) is 12.0 Å². The normalized spacial score (nSPS) is 10.3. The van der Waals surface area contributed by atoms with Crippen molar-refractivity contribution in [2.24, 2.45) is 0 Å². The third kappa shape index (κ3) is 1.83. The van der Waals surface area contributed by atoms with Crippen LogP contribution >= 0.6 is 0 Å². The molecule has 0 fully saturated rings. The van der Waals surface area contributed by atoms with Crippen LogP contribution in [0.15, 0.2) is 29.0 Å².